The Morgan fingerprint density at radius 3 is 2.42 bits per heavy atom. The molecule has 2 unspecified atom stereocenters. The number of likely N-dealkylation sites (tertiary alicyclic amines) is 1. The molecule has 4 rings (SSSR count). The fraction of sp³-hybridized carbons (Fsp3) is 0.550. The Balaban J connectivity index is 1.53. The average Bonchev–Trinajstić information content (AvgIpc) is 3.29. The Morgan fingerprint density at radius 2 is 1.73 bits per heavy atom. The number of hydrogen-bond donors (Lipinski definition) is 1. The third-order valence-corrected chi connectivity index (χ3v) is 6.09. The maximum absolute atomic E-state index is 13.1. The number of fused-ring (bicyclic) bond motifs is 1. The van der Waals surface area contributed by atoms with E-state index in [0.717, 1.165) is 36.8 Å². The first-order valence-corrected chi connectivity index (χ1v) is 9.44. The Bertz CT molecular complexity index is 741. The van der Waals surface area contributed by atoms with E-state index in [1.54, 1.807) is 0 Å². The summed E-state index contributed by atoms with van der Waals surface area (Å²) in [7, 11) is 0. The highest BCUT2D eigenvalue weighted by atomic mass is 16.4. The molecule has 138 valence electrons. The lowest BCUT2D eigenvalue weighted by Crippen LogP contribution is -2.51. The lowest BCUT2D eigenvalue weighted by molar-refractivity contribution is -0.153. The van der Waals surface area contributed by atoms with Crippen LogP contribution < -0.4 is 0 Å². The van der Waals surface area contributed by atoms with Gasteiger partial charge >= 0.3 is 5.97 Å². The van der Waals surface area contributed by atoms with Crippen LogP contribution in [0, 0.1) is 5.92 Å². The molecule has 2 amide bonds. The summed E-state index contributed by atoms with van der Waals surface area (Å²) in [5.74, 6) is -1.56. The van der Waals surface area contributed by atoms with Crippen LogP contribution in [0.1, 0.15) is 43.2 Å². The summed E-state index contributed by atoms with van der Waals surface area (Å²) in [5.41, 5.74) is 1.98. The van der Waals surface area contributed by atoms with E-state index in [9.17, 15) is 19.5 Å². The molecule has 1 aliphatic carbocycles. The van der Waals surface area contributed by atoms with Gasteiger partial charge in [0, 0.05) is 32.0 Å². The maximum Gasteiger partial charge on any atom is 0.326 e. The lowest BCUT2D eigenvalue weighted by atomic mass is 9.92. The SMILES string of the molecule is O=C(O)C1Cc2ccccc2CN1C(=O)C1CC(=O)N(C2CCCC2)C1. The van der Waals surface area contributed by atoms with Crippen LogP contribution in [0.2, 0.25) is 0 Å². The molecule has 1 aromatic rings. The van der Waals surface area contributed by atoms with E-state index in [-0.39, 0.29) is 24.3 Å². The molecule has 0 spiro atoms. The van der Waals surface area contributed by atoms with Gasteiger partial charge in [0.15, 0.2) is 0 Å². The summed E-state index contributed by atoms with van der Waals surface area (Å²) >= 11 is 0. The van der Waals surface area contributed by atoms with E-state index in [0.29, 0.717) is 19.5 Å². The second-order valence-corrected chi connectivity index (χ2v) is 7.68. The molecule has 6 nitrogen and oxygen atoms in total. The van der Waals surface area contributed by atoms with Gasteiger partial charge in [0.05, 0.1) is 5.92 Å². The monoisotopic (exact) mass is 356 g/mol. The Morgan fingerprint density at radius 1 is 1.04 bits per heavy atom. The number of nitrogens with zero attached hydrogens (tertiary/aromatic N) is 2. The van der Waals surface area contributed by atoms with Gasteiger partial charge in [0.2, 0.25) is 11.8 Å². The minimum Gasteiger partial charge on any atom is -0.480 e. The number of amides is 2. The first-order valence-electron chi connectivity index (χ1n) is 9.44. The van der Waals surface area contributed by atoms with Gasteiger partial charge in [-0.2, -0.15) is 0 Å². The molecule has 1 N–H and O–H groups in total. The number of carbonyl (C=O) groups excluding carboxylic acids is 2. The van der Waals surface area contributed by atoms with E-state index in [1.165, 1.54) is 4.90 Å². The quantitative estimate of drug-likeness (QED) is 0.896. The molecule has 1 aromatic carbocycles. The molecule has 6 heteroatoms. The largest absolute Gasteiger partial charge is 0.480 e. The normalized spacial score (nSPS) is 26.2. The molecule has 0 radical (unpaired) electrons. The molecular weight excluding hydrogens is 332 g/mol. The minimum absolute atomic E-state index is 0.0412. The molecular formula is C20H24N2O4. The molecule has 2 atom stereocenters. The summed E-state index contributed by atoms with van der Waals surface area (Å²) in [6, 6.07) is 7.07. The second kappa shape index (κ2) is 6.74. The van der Waals surface area contributed by atoms with E-state index >= 15 is 0 Å². The zero-order valence-electron chi connectivity index (χ0n) is 14.8. The Hall–Kier alpha value is -2.37. The van der Waals surface area contributed by atoms with Crippen molar-refractivity contribution in [2.24, 2.45) is 5.92 Å². The van der Waals surface area contributed by atoms with Gasteiger partial charge in [-0.1, -0.05) is 37.1 Å². The van der Waals surface area contributed by atoms with Crippen molar-refractivity contribution >= 4 is 17.8 Å². The molecule has 2 aliphatic heterocycles. The predicted octanol–water partition coefficient (Wildman–Crippen LogP) is 1.82. The van der Waals surface area contributed by atoms with Crippen LogP contribution >= 0.6 is 0 Å². The predicted molar refractivity (Wildman–Crippen MR) is 94.2 cm³/mol. The second-order valence-electron chi connectivity index (χ2n) is 7.68. The maximum atomic E-state index is 13.1. The standard InChI is InChI=1S/C20H24N2O4/c23-18-10-15(12-21(18)16-7-3-4-8-16)19(24)22-11-14-6-2-1-5-13(14)9-17(22)20(25)26/h1-2,5-6,15-17H,3-4,7-12H2,(H,25,26). The molecule has 1 saturated heterocycles. The zero-order chi connectivity index (χ0) is 18.3. The van der Waals surface area contributed by atoms with Crippen LogP contribution in [0.3, 0.4) is 0 Å². The van der Waals surface area contributed by atoms with Crippen molar-refractivity contribution in [3.63, 3.8) is 0 Å². The molecule has 2 heterocycles. The van der Waals surface area contributed by atoms with E-state index in [4.69, 9.17) is 0 Å². The Kier molecular flexibility index (Phi) is 4.42. The summed E-state index contributed by atoms with van der Waals surface area (Å²) in [5, 5.41) is 9.63. The number of carbonyl (C=O) groups is 3. The van der Waals surface area contributed by atoms with Crippen LogP contribution in [0.5, 0.6) is 0 Å². The fourth-order valence-electron chi connectivity index (χ4n) is 4.68. The first-order chi connectivity index (χ1) is 12.5. The smallest absolute Gasteiger partial charge is 0.326 e. The number of hydrogen-bond acceptors (Lipinski definition) is 3. The summed E-state index contributed by atoms with van der Waals surface area (Å²) in [6.45, 7) is 0.743. The zero-order valence-corrected chi connectivity index (χ0v) is 14.8. The fourth-order valence-corrected chi connectivity index (χ4v) is 4.68. The number of aliphatic carboxylic acids is 1. The first kappa shape index (κ1) is 17.1. The highest BCUT2D eigenvalue weighted by molar-refractivity contribution is 5.92. The van der Waals surface area contributed by atoms with Gasteiger partial charge in [-0.05, 0) is 24.0 Å². The van der Waals surface area contributed by atoms with Crippen LogP contribution in [0.15, 0.2) is 24.3 Å². The van der Waals surface area contributed by atoms with Crippen LogP contribution in [0.4, 0.5) is 0 Å². The molecule has 2 fully saturated rings. The summed E-state index contributed by atoms with van der Waals surface area (Å²) in [4.78, 5) is 40.6. The van der Waals surface area contributed by atoms with E-state index in [1.807, 2.05) is 29.2 Å². The molecule has 26 heavy (non-hydrogen) atoms. The molecule has 0 aromatic heterocycles. The number of carboxylic acids is 1. The van der Waals surface area contributed by atoms with E-state index < -0.39 is 17.9 Å². The van der Waals surface area contributed by atoms with Crippen molar-refractivity contribution in [3.05, 3.63) is 35.4 Å². The highest BCUT2D eigenvalue weighted by Crippen LogP contribution is 2.32. The van der Waals surface area contributed by atoms with Crippen LogP contribution in [-0.4, -0.2) is 51.3 Å². The minimum atomic E-state index is -0.982. The van der Waals surface area contributed by atoms with Crippen LogP contribution in [-0.2, 0) is 27.3 Å². The van der Waals surface area contributed by atoms with Gasteiger partial charge in [-0.3, -0.25) is 9.59 Å². The van der Waals surface area contributed by atoms with Crippen molar-refractivity contribution in [2.75, 3.05) is 6.54 Å². The van der Waals surface area contributed by atoms with Gasteiger partial charge in [0.25, 0.3) is 0 Å². The molecule has 3 aliphatic rings. The molecule has 0 bridgehead atoms. The number of benzene rings is 1. The van der Waals surface area contributed by atoms with Gasteiger partial charge in [-0.15, -0.1) is 0 Å². The highest BCUT2D eigenvalue weighted by Gasteiger charge is 2.43. The lowest BCUT2D eigenvalue weighted by Gasteiger charge is -2.36. The average molecular weight is 356 g/mol. The van der Waals surface area contributed by atoms with Crippen LogP contribution in [0.25, 0.3) is 0 Å². The van der Waals surface area contributed by atoms with Crippen molar-refractivity contribution in [1.82, 2.24) is 9.80 Å². The summed E-state index contributed by atoms with van der Waals surface area (Å²) < 4.78 is 0. The Labute approximate surface area is 152 Å². The third-order valence-electron chi connectivity index (χ3n) is 6.09. The van der Waals surface area contributed by atoms with Crippen molar-refractivity contribution in [3.8, 4) is 0 Å². The van der Waals surface area contributed by atoms with Gasteiger partial charge in [-0.25, -0.2) is 4.79 Å². The summed E-state index contributed by atoms with van der Waals surface area (Å²) in [6.07, 6.45) is 4.83. The van der Waals surface area contributed by atoms with Crippen molar-refractivity contribution < 1.29 is 19.5 Å². The van der Waals surface area contributed by atoms with Crippen molar-refractivity contribution in [1.29, 1.82) is 0 Å². The molecule has 1 saturated carbocycles. The number of rotatable bonds is 3. The van der Waals surface area contributed by atoms with E-state index in [2.05, 4.69) is 0 Å². The topological polar surface area (TPSA) is 77.9 Å². The van der Waals surface area contributed by atoms with Gasteiger partial charge < -0.3 is 14.9 Å². The van der Waals surface area contributed by atoms with Gasteiger partial charge in [0.1, 0.15) is 6.04 Å². The third kappa shape index (κ3) is 2.97. The number of carboxylic acid groups (broad SMARTS) is 1. The van der Waals surface area contributed by atoms with Crippen molar-refractivity contribution in [2.45, 2.75) is 57.2 Å².